The molecule has 0 aliphatic carbocycles. The van der Waals surface area contributed by atoms with Crippen LogP contribution in [-0.4, -0.2) is 17.9 Å². The van der Waals surface area contributed by atoms with Crippen LogP contribution in [0.25, 0.3) is 0 Å². The van der Waals surface area contributed by atoms with E-state index < -0.39 is 6.10 Å². The van der Waals surface area contributed by atoms with E-state index in [1.807, 2.05) is 12.1 Å². The lowest BCUT2D eigenvalue weighted by molar-refractivity contribution is -0.122. The average molecular weight is 310 g/mol. The fourth-order valence-electron chi connectivity index (χ4n) is 2.38. The van der Waals surface area contributed by atoms with E-state index in [2.05, 4.69) is 17.6 Å². The Hall–Kier alpha value is -2.82. The van der Waals surface area contributed by atoms with Gasteiger partial charge in [-0.1, -0.05) is 19.1 Å². The van der Waals surface area contributed by atoms with Crippen LogP contribution in [0.2, 0.25) is 0 Å². The van der Waals surface area contributed by atoms with Crippen LogP contribution < -0.4 is 15.4 Å². The van der Waals surface area contributed by atoms with E-state index in [1.54, 1.807) is 37.3 Å². The maximum Gasteiger partial charge on any atom is 0.265 e. The highest BCUT2D eigenvalue weighted by Gasteiger charge is 2.23. The number of hydrogen-bond acceptors (Lipinski definition) is 3. The molecular formula is C18H18N2O3. The van der Waals surface area contributed by atoms with Crippen molar-refractivity contribution in [2.45, 2.75) is 26.4 Å². The molecule has 0 spiro atoms. The van der Waals surface area contributed by atoms with Crippen LogP contribution in [0, 0.1) is 0 Å². The lowest BCUT2D eigenvalue weighted by Crippen LogP contribution is -2.34. The predicted octanol–water partition coefficient (Wildman–Crippen LogP) is 3.22. The molecule has 23 heavy (non-hydrogen) atoms. The number of amides is 2. The Balaban J connectivity index is 1.76. The van der Waals surface area contributed by atoms with Crippen molar-refractivity contribution >= 4 is 23.2 Å². The van der Waals surface area contributed by atoms with Gasteiger partial charge in [0.15, 0.2) is 6.10 Å². The molecule has 5 heteroatoms. The molecule has 2 aromatic rings. The van der Waals surface area contributed by atoms with E-state index in [9.17, 15) is 9.59 Å². The first kappa shape index (κ1) is 15.1. The summed E-state index contributed by atoms with van der Waals surface area (Å²) in [4.78, 5) is 23.9. The molecule has 0 aromatic heterocycles. The van der Waals surface area contributed by atoms with Gasteiger partial charge in [-0.15, -0.1) is 0 Å². The van der Waals surface area contributed by atoms with E-state index in [0.717, 1.165) is 6.42 Å². The van der Waals surface area contributed by atoms with Gasteiger partial charge in [0.2, 0.25) is 0 Å². The second-order valence-electron chi connectivity index (χ2n) is 5.46. The topological polar surface area (TPSA) is 67.4 Å². The van der Waals surface area contributed by atoms with Crippen LogP contribution in [0.3, 0.4) is 0 Å². The van der Waals surface area contributed by atoms with Gasteiger partial charge in [-0.2, -0.15) is 0 Å². The molecule has 1 heterocycles. The predicted molar refractivity (Wildman–Crippen MR) is 88.9 cm³/mol. The van der Waals surface area contributed by atoms with Crippen molar-refractivity contribution in [2.24, 2.45) is 0 Å². The zero-order chi connectivity index (χ0) is 16.4. The number of carbonyl (C=O) groups excluding carboxylic acids is 2. The fraction of sp³-hybridized carbons (Fsp3) is 0.222. The number of hydrogen-bond donors (Lipinski definition) is 2. The minimum atomic E-state index is -0.514. The van der Waals surface area contributed by atoms with Crippen molar-refractivity contribution in [1.82, 2.24) is 0 Å². The molecular weight excluding hydrogens is 292 g/mol. The van der Waals surface area contributed by atoms with Gasteiger partial charge in [0.05, 0.1) is 5.69 Å². The van der Waals surface area contributed by atoms with Gasteiger partial charge in [-0.25, -0.2) is 0 Å². The molecule has 118 valence electrons. The van der Waals surface area contributed by atoms with Crippen molar-refractivity contribution in [3.63, 3.8) is 0 Å². The Morgan fingerprint density at radius 2 is 1.96 bits per heavy atom. The Morgan fingerprint density at radius 3 is 2.65 bits per heavy atom. The zero-order valence-electron chi connectivity index (χ0n) is 13.1. The first-order valence-corrected chi connectivity index (χ1v) is 7.58. The van der Waals surface area contributed by atoms with Gasteiger partial charge >= 0.3 is 0 Å². The molecule has 2 aromatic carbocycles. The summed E-state index contributed by atoms with van der Waals surface area (Å²) in [5.41, 5.74) is 2.94. The first-order valence-electron chi connectivity index (χ1n) is 7.58. The highest BCUT2D eigenvalue weighted by molar-refractivity contribution is 6.05. The smallest absolute Gasteiger partial charge is 0.265 e. The molecule has 0 saturated carbocycles. The lowest BCUT2D eigenvalue weighted by atomic mass is 10.1. The van der Waals surface area contributed by atoms with Crippen LogP contribution in [0.15, 0.2) is 42.5 Å². The van der Waals surface area contributed by atoms with Crippen LogP contribution >= 0.6 is 0 Å². The standard InChI is InChI=1S/C18H18N2O3/c1-3-12-4-6-13(7-5-12)18(22)19-14-8-9-16-15(10-14)20-17(21)11(2)23-16/h4-11H,3H2,1-2H3,(H,19,22)(H,20,21)/t11-/m1/s1. The summed E-state index contributed by atoms with van der Waals surface area (Å²) < 4.78 is 5.49. The number of benzene rings is 2. The molecule has 0 saturated heterocycles. The Labute approximate surface area is 134 Å². The van der Waals surface area contributed by atoms with Crippen molar-refractivity contribution in [3.8, 4) is 5.75 Å². The SMILES string of the molecule is CCc1ccc(C(=O)Nc2ccc3c(c2)NC(=O)[C@@H](C)O3)cc1. The summed E-state index contributed by atoms with van der Waals surface area (Å²) in [5.74, 6) is 0.211. The summed E-state index contributed by atoms with van der Waals surface area (Å²) in [6.07, 6.45) is 0.421. The quantitative estimate of drug-likeness (QED) is 0.914. The summed E-state index contributed by atoms with van der Waals surface area (Å²) in [6, 6.07) is 12.7. The van der Waals surface area contributed by atoms with Gasteiger partial charge < -0.3 is 15.4 Å². The minimum Gasteiger partial charge on any atom is -0.479 e. The van der Waals surface area contributed by atoms with E-state index in [4.69, 9.17) is 4.74 Å². The van der Waals surface area contributed by atoms with E-state index in [-0.39, 0.29) is 11.8 Å². The highest BCUT2D eigenvalue weighted by atomic mass is 16.5. The normalized spacial score (nSPS) is 16.1. The number of rotatable bonds is 3. The minimum absolute atomic E-state index is 0.191. The van der Waals surface area contributed by atoms with Gasteiger partial charge in [0.1, 0.15) is 5.75 Å². The summed E-state index contributed by atoms with van der Waals surface area (Å²) in [7, 11) is 0. The van der Waals surface area contributed by atoms with Crippen molar-refractivity contribution in [3.05, 3.63) is 53.6 Å². The molecule has 1 atom stereocenters. The van der Waals surface area contributed by atoms with Gasteiger partial charge in [0.25, 0.3) is 11.8 Å². The number of ether oxygens (including phenoxy) is 1. The van der Waals surface area contributed by atoms with E-state index >= 15 is 0 Å². The second-order valence-corrected chi connectivity index (χ2v) is 5.46. The third kappa shape index (κ3) is 3.18. The van der Waals surface area contributed by atoms with Crippen LogP contribution in [0.1, 0.15) is 29.8 Å². The van der Waals surface area contributed by atoms with Crippen molar-refractivity contribution in [2.75, 3.05) is 10.6 Å². The monoisotopic (exact) mass is 310 g/mol. The molecule has 0 radical (unpaired) electrons. The van der Waals surface area contributed by atoms with E-state index in [0.29, 0.717) is 22.7 Å². The third-order valence-corrected chi connectivity index (χ3v) is 3.79. The second kappa shape index (κ2) is 6.12. The van der Waals surface area contributed by atoms with Gasteiger partial charge in [-0.05, 0) is 49.2 Å². The number of fused-ring (bicyclic) bond motifs is 1. The average Bonchev–Trinajstić information content (AvgIpc) is 2.56. The Bertz CT molecular complexity index is 753. The molecule has 1 aliphatic heterocycles. The molecule has 0 unspecified atom stereocenters. The molecule has 3 rings (SSSR count). The number of nitrogens with one attached hydrogen (secondary N) is 2. The number of aryl methyl sites for hydroxylation is 1. The largest absolute Gasteiger partial charge is 0.479 e. The number of anilines is 2. The third-order valence-electron chi connectivity index (χ3n) is 3.79. The maximum atomic E-state index is 12.3. The molecule has 1 aliphatic rings. The van der Waals surface area contributed by atoms with Crippen LogP contribution in [0.4, 0.5) is 11.4 Å². The lowest BCUT2D eigenvalue weighted by Gasteiger charge is -2.23. The Morgan fingerprint density at radius 1 is 1.22 bits per heavy atom. The van der Waals surface area contributed by atoms with Gasteiger partial charge in [0, 0.05) is 11.3 Å². The Kier molecular flexibility index (Phi) is 4.02. The first-order chi connectivity index (χ1) is 11.1. The van der Waals surface area contributed by atoms with Gasteiger partial charge in [-0.3, -0.25) is 9.59 Å². The van der Waals surface area contributed by atoms with Crippen LogP contribution in [-0.2, 0) is 11.2 Å². The van der Waals surface area contributed by atoms with Crippen LogP contribution in [0.5, 0.6) is 5.75 Å². The molecule has 2 amide bonds. The molecule has 2 N–H and O–H groups in total. The molecule has 5 nitrogen and oxygen atoms in total. The zero-order valence-corrected chi connectivity index (χ0v) is 13.1. The molecule has 0 bridgehead atoms. The molecule has 0 fully saturated rings. The van der Waals surface area contributed by atoms with E-state index in [1.165, 1.54) is 5.56 Å². The number of carbonyl (C=O) groups is 2. The fourth-order valence-corrected chi connectivity index (χ4v) is 2.38. The maximum absolute atomic E-state index is 12.3. The summed E-state index contributed by atoms with van der Waals surface area (Å²) >= 11 is 0. The van der Waals surface area contributed by atoms with Crippen molar-refractivity contribution < 1.29 is 14.3 Å². The van der Waals surface area contributed by atoms with Crippen molar-refractivity contribution in [1.29, 1.82) is 0 Å². The summed E-state index contributed by atoms with van der Waals surface area (Å²) in [5, 5.41) is 5.59. The summed E-state index contributed by atoms with van der Waals surface area (Å²) in [6.45, 7) is 3.76. The highest BCUT2D eigenvalue weighted by Crippen LogP contribution is 2.32.